The van der Waals surface area contributed by atoms with Crippen LogP contribution in [0.5, 0.6) is 0 Å². The van der Waals surface area contributed by atoms with Gasteiger partial charge >= 0.3 is 11.9 Å². The molecule has 0 rings (SSSR count). The van der Waals surface area contributed by atoms with E-state index in [2.05, 4.69) is 123 Å². The van der Waals surface area contributed by atoms with Crippen LogP contribution in [0.1, 0.15) is 245 Å². The van der Waals surface area contributed by atoms with Crippen molar-refractivity contribution in [3.8, 4) is 0 Å². The summed E-state index contributed by atoms with van der Waals surface area (Å²) in [4.78, 5) is 37.9. The lowest BCUT2D eigenvalue weighted by atomic mass is 10.0. The number of nitrogens with zero attached hydrogens (tertiary/aromatic N) is 1. The number of allylic oxidation sites excluding steroid dienone is 18. The van der Waals surface area contributed by atoms with Gasteiger partial charge < -0.3 is 27.9 Å². The van der Waals surface area contributed by atoms with E-state index in [4.69, 9.17) is 18.5 Å². The molecule has 0 saturated carbocycles. The minimum atomic E-state index is -4.64. The molecule has 0 bridgehead atoms. The molecule has 0 aliphatic rings. The fourth-order valence-corrected chi connectivity index (χ4v) is 8.81. The third-order valence-electron chi connectivity index (χ3n) is 12.8. The molecule has 9 nitrogen and oxygen atoms in total. The second-order valence-electron chi connectivity index (χ2n) is 21.3. The van der Waals surface area contributed by atoms with Crippen molar-refractivity contribution in [2.24, 2.45) is 0 Å². The highest BCUT2D eigenvalue weighted by Gasteiger charge is 2.22. The number of ether oxygens (including phenoxy) is 2. The second-order valence-corrected chi connectivity index (χ2v) is 22.7. The Morgan fingerprint density at radius 3 is 1.12 bits per heavy atom. The van der Waals surface area contributed by atoms with Crippen LogP contribution in [0, 0.1) is 0 Å². The Labute approximate surface area is 467 Å². The topological polar surface area (TPSA) is 111 Å². The molecule has 76 heavy (non-hydrogen) atoms. The maximum atomic E-state index is 12.8. The maximum Gasteiger partial charge on any atom is 0.306 e. The van der Waals surface area contributed by atoms with Gasteiger partial charge in [-0.1, -0.05) is 239 Å². The monoisotopic (exact) mass is 1080 g/mol. The minimum Gasteiger partial charge on any atom is -0.756 e. The van der Waals surface area contributed by atoms with E-state index in [-0.39, 0.29) is 26.1 Å². The van der Waals surface area contributed by atoms with Crippen molar-refractivity contribution in [1.29, 1.82) is 0 Å². The van der Waals surface area contributed by atoms with Crippen molar-refractivity contribution < 1.29 is 42.1 Å². The highest BCUT2D eigenvalue weighted by molar-refractivity contribution is 7.45. The van der Waals surface area contributed by atoms with Crippen molar-refractivity contribution >= 4 is 19.8 Å². The Morgan fingerprint density at radius 1 is 0.421 bits per heavy atom. The van der Waals surface area contributed by atoms with E-state index in [1.165, 1.54) is 109 Å². The zero-order valence-electron chi connectivity index (χ0n) is 49.4. The lowest BCUT2D eigenvalue weighted by Crippen LogP contribution is -2.37. The van der Waals surface area contributed by atoms with Gasteiger partial charge in [-0.05, 0) is 103 Å². The molecule has 0 saturated heterocycles. The summed E-state index contributed by atoms with van der Waals surface area (Å²) in [5.74, 6) is -0.845. The molecule has 0 aromatic rings. The quantitative estimate of drug-likeness (QED) is 0.0195. The molecule has 0 radical (unpaired) electrons. The van der Waals surface area contributed by atoms with Crippen LogP contribution < -0.4 is 4.89 Å². The fraction of sp³-hybridized carbons (Fsp3) is 0.697. The van der Waals surface area contributed by atoms with E-state index in [1.807, 2.05) is 21.1 Å². The molecule has 2 atom stereocenters. The van der Waals surface area contributed by atoms with E-state index >= 15 is 0 Å². The predicted octanol–water partition coefficient (Wildman–Crippen LogP) is 18.7. The van der Waals surface area contributed by atoms with Gasteiger partial charge in [0.15, 0.2) is 6.10 Å². The maximum absolute atomic E-state index is 12.8. The van der Waals surface area contributed by atoms with Crippen LogP contribution >= 0.6 is 7.82 Å². The van der Waals surface area contributed by atoms with E-state index in [0.29, 0.717) is 17.4 Å². The number of quaternary nitrogens is 1. The summed E-state index contributed by atoms with van der Waals surface area (Å²) in [6.45, 7) is 4.09. The normalized spacial score (nSPS) is 14.0. The summed E-state index contributed by atoms with van der Waals surface area (Å²) >= 11 is 0. The first-order chi connectivity index (χ1) is 37.0. The van der Waals surface area contributed by atoms with Crippen LogP contribution in [0.2, 0.25) is 0 Å². The van der Waals surface area contributed by atoms with Crippen LogP contribution in [0.25, 0.3) is 0 Å². The van der Waals surface area contributed by atoms with E-state index in [9.17, 15) is 19.0 Å². The Bertz CT molecular complexity index is 1650. The Hall–Kier alpha value is -3.33. The molecule has 2 unspecified atom stereocenters. The third-order valence-corrected chi connectivity index (χ3v) is 13.7. The van der Waals surface area contributed by atoms with Gasteiger partial charge in [0.1, 0.15) is 19.8 Å². The first-order valence-electron chi connectivity index (χ1n) is 30.6. The minimum absolute atomic E-state index is 0.0365. The number of hydrogen-bond donors (Lipinski definition) is 0. The van der Waals surface area contributed by atoms with Gasteiger partial charge in [0, 0.05) is 12.8 Å². The molecule has 10 heteroatoms. The Morgan fingerprint density at radius 2 is 0.750 bits per heavy atom. The first kappa shape index (κ1) is 72.7. The lowest BCUT2D eigenvalue weighted by molar-refractivity contribution is -0.870. The van der Waals surface area contributed by atoms with Gasteiger partial charge in [0.25, 0.3) is 7.82 Å². The van der Waals surface area contributed by atoms with Crippen molar-refractivity contribution in [1.82, 2.24) is 0 Å². The first-order valence-corrected chi connectivity index (χ1v) is 32.1. The lowest BCUT2D eigenvalue weighted by Gasteiger charge is -2.28. The van der Waals surface area contributed by atoms with Crippen LogP contribution in [0.4, 0.5) is 0 Å². The molecule has 0 fully saturated rings. The number of esters is 2. The van der Waals surface area contributed by atoms with Gasteiger partial charge in [0.05, 0.1) is 27.7 Å². The standard InChI is InChI=1S/C66H114NO8P/c1-6-8-10-12-14-16-18-20-22-24-25-26-27-28-29-30-31-32-33-34-35-36-37-38-39-40-41-43-45-47-49-51-53-55-57-59-66(69)75-64(63-74-76(70,71)73-61-60-67(3,4)5)62-72-65(68)58-56-54-52-50-48-46-44-42-23-21-19-17-15-13-11-9-7-2/h8,10,14-17,20-23,25-26,28-29,31-32,34-35,64H,6-7,9,11-13,18-19,24,27,30,33,36-63H2,1-5H3/b10-8-,16-14-,17-15-,22-20-,23-21-,26-25-,29-28-,32-31-,35-34-. The fourth-order valence-electron chi connectivity index (χ4n) is 8.08. The van der Waals surface area contributed by atoms with Gasteiger partial charge in [-0.3, -0.25) is 14.2 Å². The highest BCUT2D eigenvalue weighted by Crippen LogP contribution is 2.38. The van der Waals surface area contributed by atoms with Crippen molar-refractivity contribution in [3.63, 3.8) is 0 Å². The molecule has 0 aliphatic heterocycles. The average molecular weight is 1080 g/mol. The molecule has 0 aromatic carbocycles. The number of hydrogen-bond acceptors (Lipinski definition) is 8. The summed E-state index contributed by atoms with van der Waals surface area (Å²) in [6.07, 6.45) is 78.5. The summed E-state index contributed by atoms with van der Waals surface area (Å²) in [6, 6.07) is 0. The molecule has 436 valence electrons. The second kappa shape index (κ2) is 56.4. The Kier molecular flexibility index (Phi) is 53.9. The molecule has 0 spiro atoms. The van der Waals surface area contributed by atoms with E-state index in [1.54, 1.807) is 0 Å². The number of phosphoric acid groups is 1. The zero-order valence-corrected chi connectivity index (χ0v) is 50.3. The van der Waals surface area contributed by atoms with Crippen LogP contribution in [-0.2, 0) is 32.7 Å². The summed E-state index contributed by atoms with van der Waals surface area (Å²) in [5.41, 5.74) is 0. The number of unbranched alkanes of at least 4 members (excludes halogenated alkanes) is 23. The molecule has 0 aromatic heterocycles. The SMILES string of the molecule is CC/C=C\C/C=C\C/C=C\C/C=C\C/C=C\C/C=C\C/C=C\CCCCCCCCCCCCCCCC(=O)OC(COC(=O)CCCCCCCCC/C=C\C/C=C\CCCCC)COP(=O)([O-])OCC[N+](C)(C)C. The molecule has 0 amide bonds. The summed E-state index contributed by atoms with van der Waals surface area (Å²) in [5, 5.41) is 0. The number of rotatable bonds is 55. The van der Waals surface area contributed by atoms with Crippen molar-refractivity contribution in [3.05, 3.63) is 109 Å². The van der Waals surface area contributed by atoms with Gasteiger partial charge in [-0.2, -0.15) is 0 Å². The van der Waals surface area contributed by atoms with Gasteiger partial charge in [0.2, 0.25) is 0 Å². The zero-order chi connectivity index (χ0) is 55.6. The van der Waals surface area contributed by atoms with Crippen LogP contribution in [-0.4, -0.2) is 70.0 Å². The number of phosphoric ester groups is 1. The molecular formula is C66H114NO8P. The predicted molar refractivity (Wildman–Crippen MR) is 323 cm³/mol. The molecule has 0 heterocycles. The van der Waals surface area contributed by atoms with E-state index in [0.717, 1.165) is 103 Å². The van der Waals surface area contributed by atoms with Crippen LogP contribution in [0.3, 0.4) is 0 Å². The number of likely N-dealkylation sites (N-methyl/N-ethyl adjacent to an activating group) is 1. The van der Waals surface area contributed by atoms with Crippen LogP contribution in [0.15, 0.2) is 109 Å². The number of carbonyl (C=O) groups is 2. The summed E-state index contributed by atoms with van der Waals surface area (Å²) < 4.78 is 34.2. The Balaban J connectivity index is 4.10. The largest absolute Gasteiger partial charge is 0.756 e. The summed E-state index contributed by atoms with van der Waals surface area (Å²) in [7, 11) is 1.15. The third kappa shape index (κ3) is 59.9. The average Bonchev–Trinajstić information content (AvgIpc) is 3.38. The van der Waals surface area contributed by atoms with E-state index < -0.39 is 32.5 Å². The smallest absolute Gasteiger partial charge is 0.306 e. The number of carbonyl (C=O) groups excluding carboxylic acids is 2. The molecule has 0 aliphatic carbocycles. The van der Waals surface area contributed by atoms with Crippen molar-refractivity contribution in [2.75, 3.05) is 47.5 Å². The van der Waals surface area contributed by atoms with Gasteiger partial charge in [-0.15, -0.1) is 0 Å². The van der Waals surface area contributed by atoms with Crippen molar-refractivity contribution in [2.45, 2.75) is 251 Å². The highest BCUT2D eigenvalue weighted by atomic mass is 31.2. The molecule has 0 N–H and O–H groups in total. The van der Waals surface area contributed by atoms with Gasteiger partial charge in [-0.25, -0.2) is 0 Å². The molecular weight excluding hydrogens is 966 g/mol.